The molecular formula is C23H16Cl2F3NO4. The third-order valence-electron chi connectivity index (χ3n) is 4.55. The predicted octanol–water partition coefficient (Wildman–Crippen LogP) is 6.27. The molecule has 0 aliphatic carbocycles. The number of ether oxygens (including phenoxy) is 2. The van der Waals surface area contributed by atoms with Crippen LogP contribution >= 0.6 is 23.2 Å². The predicted molar refractivity (Wildman–Crippen MR) is 118 cm³/mol. The minimum atomic E-state index is -4.77. The highest BCUT2D eigenvalue weighted by atomic mass is 35.5. The Morgan fingerprint density at radius 1 is 0.909 bits per heavy atom. The Kier molecular flexibility index (Phi) is 7.50. The molecule has 3 aromatic carbocycles. The second kappa shape index (κ2) is 10.1. The molecule has 0 spiro atoms. The number of carbonyl (C=O) groups is 2. The summed E-state index contributed by atoms with van der Waals surface area (Å²) in [6.45, 7) is -0.0211. The summed E-state index contributed by atoms with van der Waals surface area (Å²) in [6.07, 6.45) is -4.77. The van der Waals surface area contributed by atoms with Crippen molar-refractivity contribution in [1.82, 2.24) is 0 Å². The second-order valence-electron chi connectivity index (χ2n) is 6.74. The summed E-state index contributed by atoms with van der Waals surface area (Å²) in [6, 6.07) is 16.6. The highest BCUT2D eigenvalue weighted by molar-refractivity contribution is 6.38. The van der Waals surface area contributed by atoms with Crippen molar-refractivity contribution in [3.63, 3.8) is 0 Å². The quantitative estimate of drug-likeness (QED) is 0.308. The van der Waals surface area contributed by atoms with E-state index in [4.69, 9.17) is 23.2 Å². The van der Waals surface area contributed by atoms with Gasteiger partial charge in [-0.3, -0.25) is 9.69 Å². The zero-order valence-electron chi connectivity index (χ0n) is 17.0. The molecule has 0 aromatic heterocycles. The molecule has 10 heteroatoms. The Balaban J connectivity index is 1.87. The number of esters is 1. The molecule has 0 heterocycles. The lowest BCUT2D eigenvalue weighted by Gasteiger charge is -2.22. The number of methoxy groups -OCH3 is 1. The van der Waals surface area contributed by atoms with Crippen LogP contribution in [0.3, 0.4) is 0 Å². The fourth-order valence-electron chi connectivity index (χ4n) is 2.98. The van der Waals surface area contributed by atoms with Gasteiger partial charge in [-0.1, -0.05) is 53.5 Å². The third kappa shape index (κ3) is 6.40. The zero-order valence-corrected chi connectivity index (χ0v) is 18.5. The summed E-state index contributed by atoms with van der Waals surface area (Å²) < 4.78 is 45.4. The second-order valence-corrected chi connectivity index (χ2v) is 7.58. The van der Waals surface area contributed by atoms with Crippen LogP contribution in [0.2, 0.25) is 10.0 Å². The van der Waals surface area contributed by atoms with E-state index in [1.165, 1.54) is 35.2 Å². The van der Waals surface area contributed by atoms with Crippen LogP contribution in [0, 0.1) is 0 Å². The van der Waals surface area contributed by atoms with E-state index in [-0.39, 0.29) is 12.3 Å². The van der Waals surface area contributed by atoms with E-state index in [0.29, 0.717) is 32.4 Å². The largest absolute Gasteiger partial charge is 0.573 e. The number of hydrogen-bond acceptors (Lipinski definition) is 4. The van der Waals surface area contributed by atoms with E-state index in [1.807, 2.05) is 0 Å². The van der Waals surface area contributed by atoms with Crippen molar-refractivity contribution in [2.45, 2.75) is 12.9 Å². The van der Waals surface area contributed by atoms with Crippen LogP contribution in [0.5, 0.6) is 5.75 Å². The SMILES string of the molecule is COC(=O)C(=O)N(Cc1ccc(Cl)cc1Cl)c1ccc(-c2ccc(OC(F)(F)F)cc2)cc1. The maximum atomic E-state index is 12.6. The molecule has 0 unspecified atom stereocenters. The van der Waals surface area contributed by atoms with Crippen molar-refractivity contribution >= 4 is 40.8 Å². The van der Waals surface area contributed by atoms with Gasteiger partial charge < -0.3 is 9.47 Å². The molecule has 1 amide bonds. The Morgan fingerprint density at radius 3 is 2.00 bits per heavy atom. The van der Waals surface area contributed by atoms with Crippen molar-refractivity contribution in [2.24, 2.45) is 0 Å². The van der Waals surface area contributed by atoms with Crippen LogP contribution in [0.1, 0.15) is 5.56 Å². The number of amides is 1. The molecule has 172 valence electrons. The van der Waals surface area contributed by atoms with E-state index in [1.54, 1.807) is 36.4 Å². The average molecular weight is 498 g/mol. The van der Waals surface area contributed by atoms with Crippen LogP contribution in [0.4, 0.5) is 18.9 Å². The summed E-state index contributed by atoms with van der Waals surface area (Å²) in [5.74, 6) is -2.29. The zero-order chi connectivity index (χ0) is 24.2. The summed E-state index contributed by atoms with van der Waals surface area (Å²) in [4.78, 5) is 25.8. The van der Waals surface area contributed by atoms with Gasteiger partial charge in [-0.2, -0.15) is 0 Å². The van der Waals surface area contributed by atoms with Crippen molar-refractivity contribution < 1.29 is 32.2 Å². The molecule has 0 fully saturated rings. The van der Waals surface area contributed by atoms with Crippen molar-refractivity contribution in [3.05, 3.63) is 82.3 Å². The van der Waals surface area contributed by atoms with Gasteiger partial charge in [0, 0.05) is 15.7 Å². The van der Waals surface area contributed by atoms with E-state index in [2.05, 4.69) is 9.47 Å². The van der Waals surface area contributed by atoms with Gasteiger partial charge in [0.25, 0.3) is 0 Å². The molecule has 0 saturated heterocycles. The number of hydrogen-bond donors (Lipinski definition) is 0. The average Bonchev–Trinajstić information content (AvgIpc) is 2.77. The molecular weight excluding hydrogens is 482 g/mol. The van der Waals surface area contributed by atoms with Gasteiger partial charge in [-0.05, 0) is 53.1 Å². The first-order chi connectivity index (χ1) is 15.6. The Hall–Kier alpha value is -3.23. The van der Waals surface area contributed by atoms with Gasteiger partial charge in [0.2, 0.25) is 0 Å². The van der Waals surface area contributed by atoms with Crippen LogP contribution < -0.4 is 9.64 Å². The number of alkyl halides is 3. The molecule has 33 heavy (non-hydrogen) atoms. The monoisotopic (exact) mass is 497 g/mol. The fourth-order valence-corrected chi connectivity index (χ4v) is 3.45. The summed E-state index contributed by atoms with van der Waals surface area (Å²) in [5, 5.41) is 0.744. The molecule has 0 radical (unpaired) electrons. The lowest BCUT2D eigenvalue weighted by atomic mass is 10.0. The Labute approximate surface area is 197 Å². The molecule has 3 rings (SSSR count). The van der Waals surface area contributed by atoms with Crippen LogP contribution in [-0.2, 0) is 20.9 Å². The van der Waals surface area contributed by atoms with E-state index in [9.17, 15) is 22.8 Å². The van der Waals surface area contributed by atoms with Crippen LogP contribution in [0.25, 0.3) is 11.1 Å². The minimum Gasteiger partial charge on any atom is -0.462 e. The normalized spacial score (nSPS) is 11.1. The smallest absolute Gasteiger partial charge is 0.462 e. The number of halogens is 5. The van der Waals surface area contributed by atoms with Gasteiger partial charge in [0.1, 0.15) is 5.75 Å². The maximum absolute atomic E-state index is 12.6. The fraction of sp³-hybridized carbons (Fsp3) is 0.130. The topological polar surface area (TPSA) is 55.8 Å². The summed E-state index contributed by atoms with van der Waals surface area (Å²) in [5.41, 5.74) is 2.25. The van der Waals surface area contributed by atoms with E-state index < -0.39 is 18.2 Å². The van der Waals surface area contributed by atoms with Crippen LogP contribution in [0.15, 0.2) is 66.7 Å². The first kappa shape index (κ1) is 24.4. The maximum Gasteiger partial charge on any atom is 0.573 e. The van der Waals surface area contributed by atoms with Gasteiger partial charge >= 0.3 is 18.2 Å². The number of anilines is 1. The van der Waals surface area contributed by atoms with Crippen molar-refractivity contribution in [3.8, 4) is 16.9 Å². The van der Waals surface area contributed by atoms with Gasteiger partial charge in [-0.15, -0.1) is 13.2 Å². The molecule has 0 saturated carbocycles. The molecule has 0 atom stereocenters. The lowest BCUT2D eigenvalue weighted by Crippen LogP contribution is -2.37. The number of nitrogens with zero attached hydrogens (tertiary/aromatic N) is 1. The summed E-state index contributed by atoms with van der Waals surface area (Å²) >= 11 is 12.1. The van der Waals surface area contributed by atoms with Gasteiger partial charge in [0.15, 0.2) is 0 Å². The molecule has 0 N–H and O–H groups in total. The Morgan fingerprint density at radius 2 is 1.48 bits per heavy atom. The highest BCUT2D eigenvalue weighted by Gasteiger charge is 2.31. The molecule has 0 aliphatic heterocycles. The summed E-state index contributed by atoms with van der Waals surface area (Å²) in [7, 11) is 1.10. The number of benzene rings is 3. The molecule has 3 aromatic rings. The third-order valence-corrected chi connectivity index (χ3v) is 5.14. The van der Waals surface area contributed by atoms with Gasteiger partial charge in [-0.25, -0.2) is 4.79 Å². The van der Waals surface area contributed by atoms with Crippen LogP contribution in [-0.4, -0.2) is 25.3 Å². The van der Waals surface area contributed by atoms with Gasteiger partial charge in [0.05, 0.1) is 13.7 Å². The highest BCUT2D eigenvalue weighted by Crippen LogP contribution is 2.29. The molecule has 0 bridgehead atoms. The molecule has 0 aliphatic rings. The van der Waals surface area contributed by atoms with Crippen molar-refractivity contribution in [2.75, 3.05) is 12.0 Å². The molecule has 5 nitrogen and oxygen atoms in total. The standard InChI is InChI=1S/C23H16Cl2F3NO4/c1-32-22(31)21(30)29(13-16-2-7-17(24)12-20(16)25)18-8-3-14(4-9-18)15-5-10-19(11-6-15)33-23(26,27)28/h2-12H,13H2,1H3. The first-order valence-corrected chi connectivity index (χ1v) is 10.1. The first-order valence-electron chi connectivity index (χ1n) is 9.37. The van der Waals surface area contributed by atoms with E-state index in [0.717, 1.165) is 7.11 Å². The Bertz CT molecular complexity index is 1150. The van der Waals surface area contributed by atoms with Crippen molar-refractivity contribution in [1.29, 1.82) is 0 Å². The number of rotatable bonds is 5. The number of carbonyl (C=O) groups excluding carboxylic acids is 2. The van der Waals surface area contributed by atoms with E-state index >= 15 is 0 Å². The minimum absolute atomic E-state index is 0.0211. The lowest BCUT2D eigenvalue weighted by molar-refractivity contribution is -0.274.